The number of aryl methyl sites for hydroxylation is 2. The molecule has 0 heterocycles. The largest absolute Gasteiger partial charge is 0.479 e. The fourth-order valence-corrected chi connectivity index (χ4v) is 1.36. The van der Waals surface area contributed by atoms with Crippen LogP contribution in [-0.2, 0) is 4.79 Å². The number of carboxylic acids is 1. The zero-order valence-electron chi connectivity index (χ0n) is 9.50. The molecule has 15 heavy (non-hydrogen) atoms. The van der Waals surface area contributed by atoms with Crippen molar-refractivity contribution in [2.75, 3.05) is 0 Å². The van der Waals surface area contributed by atoms with Gasteiger partial charge >= 0.3 is 5.97 Å². The Kier molecular flexibility index (Phi) is 3.35. The highest BCUT2D eigenvalue weighted by molar-refractivity contribution is 5.72. The third-order valence-corrected chi connectivity index (χ3v) is 2.42. The fourth-order valence-electron chi connectivity index (χ4n) is 1.36. The van der Waals surface area contributed by atoms with Gasteiger partial charge in [0.15, 0.2) is 6.10 Å². The van der Waals surface area contributed by atoms with Gasteiger partial charge in [-0.05, 0) is 50.5 Å². The SMILES string of the molecule is Cc1cc(C)c(C)c(O[C@H](C)C(=O)O)c1. The van der Waals surface area contributed by atoms with Crippen LogP contribution in [-0.4, -0.2) is 17.2 Å². The fraction of sp³-hybridized carbons (Fsp3) is 0.417. The number of carboxylic acid groups (broad SMARTS) is 1. The van der Waals surface area contributed by atoms with Gasteiger partial charge in [-0.3, -0.25) is 0 Å². The monoisotopic (exact) mass is 208 g/mol. The molecule has 1 rings (SSSR count). The summed E-state index contributed by atoms with van der Waals surface area (Å²) in [4.78, 5) is 10.7. The number of carbonyl (C=O) groups is 1. The quantitative estimate of drug-likeness (QED) is 0.830. The number of ether oxygens (including phenoxy) is 1. The van der Waals surface area contributed by atoms with Crippen LogP contribution >= 0.6 is 0 Å². The van der Waals surface area contributed by atoms with Gasteiger partial charge in [-0.2, -0.15) is 0 Å². The first-order valence-corrected chi connectivity index (χ1v) is 4.89. The molecular weight excluding hydrogens is 192 g/mol. The molecule has 0 fully saturated rings. The molecule has 1 aromatic carbocycles. The van der Waals surface area contributed by atoms with E-state index in [1.165, 1.54) is 6.92 Å². The first kappa shape index (κ1) is 11.6. The normalized spacial score (nSPS) is 12.3. The molecule has 82 valence electrons. The maximum atomic E-state index is 10.7. The summed E-state index contributed by atoms with van der Waals surface area (Å²) in [7, 11) is 0. The van der Waals surface area contributed by atoms with Gasteiger partial charge in [0.25, 0.3) is 0 Å². The van der Waals surface area contributed by atoms with Crippen molar-refractivity contribution in [2.24, 2.45) is 0 Å². The molecule has 0 saturated heterocycles. The molecule has 0 radical (unpaired) electrons. The molecule has 1 aromatic rings. The zero-order chi connectivity index (χ0) is 11.6. The minimum Gasteiger partial charge on any atom is -0.479 e. The second kappa shape index (κ2) is 4.34. The van der Waals surface area contributed by atoms with Crippen LogP contribution in [0.5, 0.6) is 5.75 Å². The van der Waals surface area contributed by atoms with E-state index in [4.69, 9.17) is 9.84 Å². The Bertz CT molecular complexity index is 383. The topological polar surface area (TPSA) is 46.5 Å². The van der Waals surface area contributed by atoms with Crippen molar-refractivity contribution in [3.63, 3.8) is 0 Å². The highest BCUT2D eigenvalue weighted by Gasteiger charge is 2.14. The van der Waals surface area contributed by atoms with Crippen molar-refractivity contribution < 1.29 is 14.6 Å². The van der Waals surface area contributed by atoms with E-state index in [9.17, 15) is 4.79 Å². The molecule has 3 heteroatoms. The van der Waals surface area contributed by atoms with E-state index in [1.54, 1.807) is 0 Å². The summed E-state index contributed by atoms with van der Waals surface area (Å²) in [5.74, 6) is -0.295. The van der Waals surface area contributed by atoms with E-state index >= 15 is 0 Å². The summed E-state index contributed by atoms with van der Waals surface area (Å²) >= 11 is 0. The van der Waals surface area contributed by atoms with Crippen LogP contribution < -0.4 is 4.74 Å². The van der Waals surface area contributed by atoms with Gasteiger partial charge < -0.3 is 9.84 Å². The maximum absolute atomic E-state index is 10.7. The Hall–Kier alpha value is -1.51. The minimum atomic E-state index is -0.950. The maximum Gasteiger partial charge on any atom is 0.344 e. The second-order valence-corrected chi connectivity index (χ2v) is 3.80. The summed E-state index contributed by atoms with van der Waals surface area (Å²) < 4.78 is 5.37. The van der Waals surface area contributed by atoms with E-state index in [1.807, 2.05) is 32.9 Å². The second-order valence-electron chi connectivity index (χ2n) is 3.80. The van der Waals surface area contributed by atoms with Gasteiger partial charge in [-0.15, -0.1) is 0 Å². The summed E-state index contributed by atoms with van der Waals surface area (Å²) in [6.07, 6.45) is -0.815. The van der Waals surface area contributed by atoms with Crippen molar-refractivity contribution in [2.45, 2.75) is 33.8 Å². The lowest BCUT2D eigenvalue weighted by Crippen LogP contribution is -2.23. The number of aliphatic carboxylic acids is 1. The Labute approximate surface area is 89.7 Å². The van der Waals surface area contributed by atoms with Crippen molar-refractivity contribution >= 4 is 5.97 Å². The van der Waals surface area contributed by atoms with Gasteiger partial charge in [0, 0.05) is 0 Å². The molecule has 0 aromatic heterocycles. The smallest absolute Gasteiger partial charge is 0.344 e. The van der Waals surface area contributed by atoms with Crippen LogP contribution in [0.2, 0.25) is 0 Å². The molecule has 0 unspecified atom stereocenters. The Morgan fingerprint density at radius 1 is 1.33 bits per heavy atom. The van der Waals surface area contributed by atoms with E-state index in [-0.39, 0.29) is 0 Å². The van der Waals surface area contributed by atoms with Crippen LogP contribution in [0.25, 0.3) is 0 Å². The van der Waals surface area contributed by atoms with E-state index in [0.717, 1.165) is 16.7 Å². The molecule has 1 N–H and O–H groups in total. The average molecular weight is 208 g/mol. The molecule has 0 aliphatic rings. The summed E-state index contributed by atoms with van der Waals surface area (Å²) in [5, 5.41) is 8.75. The molecule has 1 atom stereocenters. The van der Waals surface area contributed by atoms with E-state index in [2.05, 4.69) is 0 Å². The minimum absolute atomic E-state index is 0.655. The third kappa shape index (κ3) is 2.72. The summed E-state index contributed by atoms with van der Waals surface area (Å²) in [5.41, 5.74) is 3.18. The first-order chi connectivity index (χ1) is 6.91. The molecule has 3 nitrogen and oxygen atoms in total. The van der Waals surface area contributed by atoms with E-state index < -0.39 is 12.1 Å². The Balaban J connectivity index is 2.99. The standard InChI is InChI=1S/C12H16O3/c1-7-5-8(2)9(3)11(6-7)15-10(4)12(13)14/h5-6,10H,1-4H3,(H,13,14)/t10-/m1/s1. The van der Waals surface area contributed by atoms with Crippen molar-refractivity contribution in [1.29, 1.82) is 0 Å². The number of hydrogen-bond acceptors (Lipinski definition) is 2. The summed E-state index contributed by atoms with van der Waals surface area (Å²) in [6.45, 7) is 7.41. The Morgan fingerprint density at radius 3 is 2.47 bits per heavy atom. The van der Waals surface area contributed by atoms with Gasteiger partial charge in [-0.25, -0.2) is 4.79 Å². The lowest BCUT2D eigenvalue weighted by atomic mass is 10.1. The predicted molar refractivity (Wildman–Crippen MR) is 58.4 cm³/mol. The first-order valence-electron chi connectivity index (χ1n) is 4.89. The van der Waals surface area contributed by atoms with Crippen LogP contribution in [0.3, 0.4) is 0 Å². The molecule has 0 aliphatic heterocycles. The van der Waals surface area contributed by atoms with Gasteiger partial charge in [0.1, 0.15) is 5.75 Å². The van der Waals surface area contributed by atoms with Gasteiger partial charge in [0.05, 0.1) is 0 Å². The predicted octanol–water partition coefficient (Wildman–Crippen LogP) is 2.46. The Morgan fingerprint density at radius 2 is 1.93 bits per heavy atom. The lowest BCUT2D eigenvalue weighted by Gasteiger charge is -2.15. The van der Waals surface area contributed by atoms with Crippen molar-refractivity contribution in [3.8, 4) is 5.75 Å². The lowest BCUT2D eigenvalue weighted by molar-refractivity contribution is -0.144. The van der Waals surface area contributed by atoms with Crippen LogP contribution in [0.1, 0.15) is 23.6 Å². The number of hydrogen-bond donors (Lipinski definition) is 1. The third-order valence-electron chi connectivity index (χ3n) is 2.42. The molecule has 0 aliphatic carbocycles. The zero-order valence-corrected chi connectivity index (χ0v) is 9.50. The molecular formula is C12H16O3. The van der Waals surface area contributed by atoms with Gasteiger partial charge in [-0.1, -0.05) is 6.07 Å². The number of rotatable bonds is 3. The average Bonchev–Trinajstić information content (AvgIpc) is 2.13. The molecule has 0 saturated carbocycles. The summed E-state index contributed by atoms with van der Waals surface area (Å²) in [6, 6.07) is 3.91. The van der Waals surface area contributed by atoms with Crippen LogP contribution in [0, 0.1) is 20.8 Å². The highest BCUT2D eigenvalue weighted by atomic mass is 16.5. The van der Waals surface area contributed by atoms with Crippen molar-refractivity contribution in [1.82, 2.24) is 0 Å². The van der Waals surface area contributed by atoms with Crippen molar-refractivity contribution in [3.05, 3.63) is 28.8 Å². The van der Waals surface area contributed by atoms with Gasteiger partial charge in [0.2, 0.25) is 0 Å². The molecule has 0 amide bonds. The highest BCUT2D eigenvalue weighted by Crippen LogP contribution is 2.24. The van der Waals surface area contributed by atoms with E-state index in [0.29, 0.717) is 5.75 Å². The molecule has 0 bridgehead atoms. The molecule has 0 spiro atoms. The van der Waals surface area contributed by atoms with Crippen LogP contribution in [0.4, 0.5) is 0 Å². The number of benzene rings is 1. The van der Waals surface area contributed by atoms with Crippen LogP contribution in [0.15, 0.2) is 12.1 Å².